The first-order valence-corrected chi connectivity index (χ1v) is 21.0. The van der Waals surface area contributed by atoms with Gasteiger partial charge in [-0.25, -0.2) is 9.59 Å². The summed E-state index contributed by atoms with van der Waals surface area (Å²) < 4.78 is 10.2. The average molecular weight is 677 g/mol. The van der Waals surface area contributed by atoms with Crippen molar-refractivity contribution in [1.29, 1.82) is 0 Å². The van der Waals surface area contributed by atoms with E-state index in [9.17, 15) is 9.59 Å². The lowest BCUT2D eigenvalue weighted by atomic mass is 10.0. The Balaban J connectivity index is 0. The molecule has 0 bridgehead atoms. The molecule has 0 aliphatic rings. The minimum absolute atomic E-state index is 0.254. The molecule has 0 aromatic carbocycles. The summed E-state index contributed by atoms with van der Waals surface area (Å²) >= 11 is 0. The predicted molar refractivity (Wildman–Crippen MR) is 211 cm³/mol. The van der Waals surface area contributed by atoms with Crippen molar-refractivity contribution in [2.75, 3.05) is 13.2 Å². The third kappa shape index (κ3) is 42.4. The quantitative estimate of drug-likeness (QED) is 0.0376. The number of rotatable bonds is 36. The van der Waals surface area contributed by atoms with Gasteiger partial charge in [-0.3, -0.25) is 0 Å². The smallest absolute Gasteiger partial charge is 0.333 e. The minimum Gasteiger partial charge on any atom is -0.462 e. The molecule has 0 aliphatic heterocycles. The van der Waals surface area contributed by atoms with Gasteiger partial charge in [0.15, 0.2) is 0 Å². The molecule has 0 saturated carbocycles. The highest BCUT2D eigenvalue weighted by Crippen LogP contribution is 2.15. The molecule has 284 valence electrons. The first-order valence-electron chi connectivity index (χ1n) is 21.0. The molecule has 0 heterocycles. The molecule has 4 heteroatoms. The van der Waals surface area contributed by atoms with Gasteiger partial charge < -0.3 is 9.47 Å². The summed E-state index contributed by atoms with van der Waals surface area (Å²) in [4.78, 5) is 22.4. The molecule has 48 heavy (non-hydrogen) atoms. The van der Waals surface area contributed by atoms with E-state index < -0.39 is 0 Å². The highest BCUT2D eigenvalue weighted by molar-refractivity contribution is 5.87. The monoisotopic (exact) mass is 677 g/mol. The number of ether oxygens (including phenoxy) is 2. The van der Waals surface area contributed by atoms with Crippen LogP contribution in [0.15, 0.2) is 24.3 Å². The molecule has 4 nitrogen and oxygen atoms in total. The summed E-state index contributed by atoms with van der Waals surface area (Å²) in [6, 6.07) is 0. The lowest BCUT2D eigenvalue weighted by Crippen LogP contribution is -2.05. The van der Waals surface area contributed by atoms with Gasteiger partial charge in [-0.05, 0) is 26.7 Å². The van der Waals surface area contributed by atoms with Gasteiger partial charge in [-0.1, -0.05) is 220 Å². The number of carbonyl (C=O) groups excluding carboxylic acids is 2. The van der Waals surface area contributed by atoms with E-state index in [1.807, 2.05) is 0 Å². The standard InChI is InChI=1S/2C22H42O2/c2*1-4-5-6-7-8-9-10-11-12-13-14-15-16-17-18-19-20-24-22(23)21(2)3/h2*2,4-20H2,1,3H3. The maximum atomic E-state index is 11.2. The van der Waals surface area contributed by atoms with Crippen molar-refractivity contribution in [3.05, 3.63) is 24.3 Å². The first-order chi connectivity index (χ1) is 23.4. The fourth-order valence-electron chi connectivity index (χ4n) is 5.88. The molecule has 0 spiro atoms. The Morgan fingerprint density at radius 1 is 0.333 bits per heavy atom. The fourth-order valence-corrected chi connectivity index (χ4v) is 5.88. The van der Waals surface area contributed by atoms with Crippen LogP contribution in [0, 0.1) is 0 Å². The van der Waals surface area contributed by atoms with E-state index in [1.165, 1.54) is 193 Å². The number of esters is 2. The van der Waals surface area contributed by atoms with Crippen molar-refractivity contribution in [3.8, 4) is 0 Å². The van der Waals surface area contributed by atoms with E-state index >= 15 is 0 Å². The normalized spacial score (nSPS) is 10.8. The van der Waals surface area contributed by atoms with Crippen molar-refractivity contribution in [1.82, 2.24) is 0 Å². The zero-order chi connectivity index (χ0) is 35.8. The van der Waals surface area contributed by atoms with E-state index in [1.54, 1.807) is 13.8 Å². The van der Waals surface area contributed by atoms with Crippen molar-refractivity contribution < 1.29 is 19.1 Å². The maximum Gasteiger partial charge on any atom is 0.333 e. The van der Waals surface area contributed by atoms with Crippen LogP contribution in [-0.4, -0.2) is 25.2 Å². The summed E-state index contributed by atoms with van der Waals surface area (Å²) in [5, 5.41) is 0. The van der Waals surface area contributed by atoms with E-state index in [0.29, 0.717) is 24.4 Å². The molecule has 0 rings (SSSR count). The second-order valence-electron chi connectivity index (χ2n) is 14.4. The van der Waals surface area contributed by atoms with Crippen molar-refractivity contribution >= 4 is 11.9 Å². The maximum absolute atomic E-state index is 11.2. The Bertz CT molecular complexity index is 653. The Morgan fingerprint density at radius 3 is 0.667 bits per heavy atom. The summed E-state index contributed by atoms with van der Waals surface area (Å²) in [5.41, 5.74) is 0.984. The molecule has 0 atom stereocenters. The van der Waals surface area contributed by atoms with Gasteiger partial charge in [-0.15, -0.1) is 0 Å². The molecule has 0 aliphatic carbocycles. The Hall–Kier alpha value is -1.58. The first kappa shape index (κ1) is 48.5. The molecule has 0 saturated heterocycles. The third-order valence-corrected chi connectivity index (χ3v) is 9.16. The molecular formula is C44H84O4. The SMILES string of the molecule is C=C(C)C(=O)OCCCCCCCCCCCCCCCCCC.C=C(C)C(=O)OCCCCCCCCCCCCCCCCCC. The topological polar surface area (TPSA) is 52.6 Å². The molecule has 0 aromatic heterocycles. The van der Waals surface area contributed by atoms with Crippen molar-refractivity contribution in [2.45, 2.75) is 233 Å². The van der Waals surface area contributed by atoms with Crippen LogP contribution in [0.25, 0.3) is 0 Å². The van der Waals surface area contributed by atoms with Crippen LogP contribution < -0.4 is 0 Å². The number of unbranched alkanes of at least 4 members (excludes halogenated alkanes) is 30. The van der Waals surface area contributed by atoms with Crippen LogP contribution in [0.4, 0.5) is 0 Å². The van der Waals surface area contributed by atoms with E-state index in [4.69, 9.17) is 9.47 Å². The van der Waals surface area contributed by atoms with Crippen molar-refractivity contribution in [3.63, 3.8) is 0 Å². The lowest BCUT2D eigenvalue weighted by molar-refractivity contribution is -0.139. The van der Waals surface area contributed by atoms with Crippen LogP contribution >= 0.6 is 0 Å². The fraction of sp³-hybridized carbons (Fsp3) is 0.864. The number of hydrogen-bond donors (Lipinski definition) is 0. The molecule has 0 N–H and O–H groups in total. The van der Waals surface area contributed by atoms with E-state index in [2.05, 4.69) is 27.0 Å². The minimum atomic E-state index is -0.254. The van der Waals surface area contributed by atoms with Crippen LogP contribution in [0.1, 0.15) is 233 Å². The lowest BCUT2D eigenvalue weighted by Gasteiger charge is -2.05. The van der Waals surface area contributed by atoms with Crippen LogP contribution in [0.3, 0.4) is 0 Å². The van der Waals surface area contributed by atoms with E-state index in [0.717, 1.165) is 12.8 Å². The number of hydrogen-bond acceptors (Lipinski definition) is 4. The van der Waals surface area contributed by atoms with Gasteiger partial charge in [0, 0.05) is 11.1 Å². The van der Waals surface area contributed by atoms with Crippen LogP contribution in [0.5, 0.6) is 0 Å². The third-order valence-electron chi connectivity index (χ3n) is 9.16. The highest BCUT2D eigenvalue weighted by atomic mass is 16.5. The molecule has 0 aromatic rings. The summed E-state index contributed by atoms with van der Waals surface area (Å²) in [6.45, 7) is 16.2. The second-order valence-corrected chi connectivity index (χ2v) is 14.4. The number of carbonyl (C=O) groups is 2. The molecule has 0 unspecified atom stereocenters. The van der Waals surface area contributed by atoms with Gasteiger partial charge in [0.1, 0.15) is 0 Å². The molecule has 0 amide bonds. The molecule has 0 fully saturated rings. The van der Waals surface area contributed by atoms with E-state index in [-0.39, 0.29) is 11.9 Å². The Morgan fingerprint density at radius 2 is 0.500 bits per heavy atom. The van der Waals surface area contributed by atoms with Crippen molar-refractivity contribution in [2.24, 2.45) is 0 Å². The molecular weight excluding hydrogens is 592 g/mol. The highest BCUT2D eigenvalue weighted by Gasteiger charge is 2.03. The van der Waals surface area contributed by atoms with Gasteiger partial charge in [0.2, 0.25) is 0 Å². The second kappa shape index (κ2) is 41.6. The van der Waals surface area contributed by atoms with Gasteiger partial charge in [0.05, 0.1) is 13.2 Å². The van der Waals surface area contributed by atoms with Gasteiger partial charge >= 0.3 is 11.9 Å². The van der Waals surface area contributed by atoms with Gasteiger partial charge in [0.25, 0.3) is 0 Å². The average Bonchev–Trinajstić information content (AvgIpc) is 3.07. The summed E-state index contributed by atoms with van der Waals surface area (Å²) in [6.07, 6.45) is 43.5. The van der Waals surface area contributed by atoms with Gasteiger partial charge in [-0.2, -0.15) is 0 Å². The predicted octanol–water partition coefficient (Wildman–Crippen LogP) is 14.7. The zero-order valence-electron chi connectivity index (χ0n) is 33.1. The molecule has 0 radical (unpaired) electrons. The summed E-state index contributed by atoms with van der Waals surface area (Å²) in [7, 11) is 0. The Kier molecular flexibility index (Phi) is 42.1. The summed E-state index contributed by atoms with van der Waals surface area (Å²) in [5.74, 6) is -0.507. The largest absolute Gasteiger partial charge is 0.462 e. The Labute approximate surface area is 301 Å². The van der Waals surface area contributed by atoms with Crippen LogP contribution in [-0.2, 0) is 19.1 Å². The van der Waals surface area contributed by atoms with Crippen LogP contribution in [0.2, 0.25) is 0 Å². The zero-order valence-corrected chi connectivity index (χ0v) is 33.1.